The molecule has 1 aromatic rings. The van der Waals surface area contributed by atoms with Crippen molar-refractivity contribution in [3.63, 3.8) is 0 Å². The molecule has 9 heteroatoms. The first-order chi connectivity index (χ1) is 12.5. The maximum Gasteiger partial charge on any atom is 0.269 e. The van der Waals surface area contributed by atoms with Crippen LogP contribution in [0.5, 0.6) is 0 Å². The number of benzene rings is 1. The van der Waals surface area contributed by atoms with Crippen LogP contribution in [0.15, 0.2) is 29.2 Å². The van der Waals surface area contributed by atoms with E-state index < -0.39 is 15.9 Å². The molecule has 0 saturated carbocycles. The molecule has 27 heavy (non-hydrogen) atoms. The van der Waals surface area contributed by atoms with Gasteiger partial charge >= 0.3 is 0 Å². The molecular formula is C18H28N4O3S2. The van der Waals surface area contributed by atoms with Gasteiger partial charge in [0.15, 0.2) is 5.11 Å². The van der Waals surface area contributed by atoms with Crippen molar-refractivity contribution in [1.82, 2.24) is 20.5 Å². The van der Waals surface area contributed by atoms with Gasteiger partial charge in [0, 0.05) is 23.7 Å². The molecule has 0 bridgehead atoms. The van der Waals surface area contributed by atoms with Gasteiger partial charge in [0.2, 0.25) is 10.0 Å². The van der Waals surface area contributed by atoms with Crippen molar-refractivity contribution in [3.8, 4) is 0 Å². The van der Waals surface area contributed by atoms with Gasteiger partial charge < -0.3 is 5.32 Å². The van der Waals surface area contributed by atoms with Gasteiger partial charge in [-0.15, -0.1) is 0 Å². The molecule has 1 aliphatic heterocycles. The molecule has 1 saturated heterocycles. The number of rotatable bonds is 3. The molecule has 1 aliphatic rings. The molecule has 0 unspecified atom stereocenters. The number of carbonyl (C=O) groups is 1. The van der Waals surface area contributed by atoms with E-state index in [4.69, 9.17) is 12.2 Å². The van der Waals surface area contributed by atoms with Crippen molar-refractivity contribution in [2.24, 2.45) is 0 Å². The van der Waals surface area contributed by atoms with Gasteiger partial charge in [-0.25, -0.2) is 8.42 Å². The van der Waals surface area contributed by atoms with Crippen molar-refractivity contribution in [2.75, 3.05) is 6.54 Å². The minimum Gasteiger partial charge on any atom is -0.357 e. The number of nitrogens with one attached hydrogen (secondary N) is 3. The summed E-state index contributed by atoms with van der Waals surface area (Å²) < 4.78 is 27.4. The molecule has 150 valence electrons. The highest BCUT2D eigenvalue weighted by atomic mass is 32.2. The van der Waals surface area contributed by atoms with Crippen LogP contribution in [0.25, 0.3) is 0 Å². The predicted molar refractivity (Wildman–Crippen MR) is 110 cm³/mol. The zero-order valence-electron chi connectivity index (χ0n) is 16.2. The molecule has 0 aromatic heterocycles. The van der Waals surface area contributed by atoms with E-state index in [2.05, 4.69) is 16.2 Å². The number of sulfonamides is 1. The second-order valence-electron chi connectivity index (χ2n) is 7.77. The fraction of sp³-hybridized carbons (Fsp3) is 0.556. The Morgan fingerprint density at radius 3 is 2.56 bits per heavy atom. The molecule has 1 aromatic carbocycles. The summed E-state index contributed by atoms with van der Waals surface area (Å²) in [6, 6.07) is 6.02. The molecule has 0 aliphatic carbocycles. The van der Waals surface area contributed by atoms with E-state index in [9.17, 15) is 13.2 Å². The monoisotopic (exact) mass is 412 g/mol. The maximum atomic E-state index is 12.9. The molecule has 0 spiro atoms. The third-order valence-corrected chi connectivity index (χ3v) is 6.44. The lowest BCUT2D eigenvalue weighted by Crippen LogP contribution is -2.52. The number of thiocarbonyl (C=S) groups is 1. The van der Waals surface area contributed by atoms with Gasteiger partial charge in [-0.2, -0.15) is 4.31 Å². The van der Waals surface area contributed by atoms with Crippen LogP contribution >= 0.6 is 12.2 Å². The van der Waals surface area contributed by atoms with E-state index in [1.54, 1.807) is 12.1 Å². The third kappa shape index (κ3) is 5.88. The number of piperidine rings is 1. The predicted octanol–water partition coefficient (Wildman–Crippen LogP) is 2.16. The summed E-state index contributed by atoms with van der Waals surface area (Å²) in [4.78, 5) is 12.5. The zero-order chi connectivity index (χ0) is 20.2. The molecule has 1 atom stereocenters. The van der Waals surface area contributed by atoms with Crippen LogP contribution in [0.3, 0.4) is 0 Å². The van der Waals surface area contributed by atoms with Crippen molar-refractivity contribution >= 4 is 33.3 Å². The van der Waals surface area contributed by atoms with Gasteiger partial charge in [0.05, 0.1) is 4.90 Å². The van der Waals surface area contributed by atoms with Gasteiger partial charge in [0.25, 0.3) is 5.91 Å². The van der Waals surface area contributed by atoms with Gasteiger partial charge in [-0.05, 0) is 71.0 Å². The Morgan fingerprint density at radius 1 is 1.22 bits per heavy atom. The smallest absolute Gasteiger partial charge is 0.269 e. The van der Waals surface area contributed by atoms with Crippen molar-refractivity contribution in [3.05, 3.63) is 29.8 Å². The summed E-state index contributed by atoms with van der Waals surface area (Å²) in [5, 5.41) is 3.29. The first-order valence-corrected chi connectivity index (χ1v) is 10.9. The molecule has 2 rings (SSSR count). The topological polar surface area (TPSA) is 90.5 Å². The fourth-order valence-electron chi connectivity index (χ4n) is 2.92. The zero-order valence-corrected chi connectivity index (χ0v) is 17.8. The van der Waals surface area contributed by atoms with E-state index in [1.165, 1.54) is 16.4 Å². The Kier molecular flexibility index (Phi) is 6.82. The van der Waals surface area contributed by atoms with E-state index in [-0.39, 0.29) is 27.2 Å². The third-order valence-electron chi connectivity index (χ3n) is 4.22. The Morgan fingerprint density at radius 2 is 1.93 bits per heavy atom. The van der Waals surface area contributed by atoms with E-state index in [0.717, 1.165) is 19.3 Å². The Hall–Kier alpha value is -1.71. The highest BCUT2D eigenvalue weighted by molar-refractivity contribution is 7.89. The van der Waals surface area contributed by atoms with Crippen LogP contribution in [0.4, 0.5) is 0 Å². The van der Waals surface area contributed by atoms with Crippen molar-refractivity contribution < 1.29 is 13.2 Å². The van der Waals surface area contributed by atoms with Crippen molar-refractivity contribution in [2.45, 2.75) is 63.4 Å². The average Bonchev–Trinajstić information content (AvgIpc) is 2.58. The van der Waals surface area contributed by atoms with Crippen molar-refractivity contribution in [1.29, 1.82) is 0 Å². The van der Waals surface area contributed by atoms with Crippen LogP contribution in [0, 0.1) is 0 Å². The molecule has 1 heterocycles. The number of hydrogen-bond donors (Lipinski definition) is 3. The number of amides is 1. The summed E-state index contributed by atoms with van der Waals surface area (Å²) in [5.41, 5.74) is 5.11. The Balaban J connectivity index is 2.10. The quantitative estimate of drug-likeness (QED) is 0.521. The molecule has 3 N–H and O–H groups in total. The molecule has 1 fully saturated rings. The highest BCUT2D eigenvalue weighted by Gasteiger charge is 2.31. The van der Waals surface area contributed by atoms with E-state index >= 15 is 0 Å². The van der Waals surface area contributed by atoms with Crippen LogP contribution in [0.1, 0.15) is 57.3 Å². The standard InChI is InChI=1S/C18H28N4O3S2/c1-13-8-5-6-11-22(13)27(24,25)15-10-7-9-14(12-15)16(23)20-21-17(26)19-18(2,3)4/h7,9-10,12-13H,5-6,8,11H2,1-4H3,(H,20,23)(H2,19,21,26)/t13-/m1/s1. The van der Waals surface area contributed by atoms with Crippen LogP contribution in [-0.2, 0) is 10.0 Å². The van der Waals surface area contributed by atoms with E-state index in [0.29, 0.717) is 6.54 Å². The number of carbonyl (C=O) groups excluding carboxylic acids is 1. The van der Waals surface area contributed by atoms with Gasteiger partial charge in [-0.1, -0.05) is 12.5 Å². The molecular weight excluding hydrogens is 384 g/mol. The second-order valence-corrected chi connectivity index (χ2v) is 10.1. The first-order valence-electron chi connectivity index (χ1n) is 9.01. The lowest BCUT2D eigenvalue weighted by atomic mass is 10.1. The summed E-state index contributed by atoms with van der Waals surface area (Å²) in [7, 11) is -3.63. The maximum absolute atomic E-state index is 12.9. The van der Waals surface area contributed by atoms with Crippen LogP contribution in [0.2, 0.25) is 0 Å². The normalized spacial score (nSPS) is 18.6. The summed E-state index contributed by atoms with van der Waals surface area (Å²) in [6.07, 6.45) is 2.73. The summed E-state index contributed by atoms with van der Waals surface area (Å²) in [6.45, 7) is 8.25. The summed E-state index contributed by atoms with van der Waals surface area (Å²) in [5.74, 6) is -0.461. The SMILES string of the molecule is C[C@@H]1CCCCN1S(=O)(=O)c1cccc(C(=O)NNC(=S)NC(C)(C)C)c1. The summed E-state index contributed by atoms with van der Waals surface area (Å²) >= 11 is 5.11. The highest BCUT2D eigenvalue weighted by Crippen LogP contribution is 2.25. The Labute approximate surface area is 166 Å². The number of hydrazine groups is 1. The lowest BCUT2D eigenvalue weighted by molar-refractivity contribution is 0.0943. The van der Waals surface area contributed by atoms with Crippen LogP contribution < -0.4 is 16.2 Å². The second kappa shape index (κ2) is 8.53. The minimum absolute atomic E-state index is 0.0382. The van der Waals surface area contributed by atoms with Crippen LogP contribution in [-0.4, -0.2) is 41.9 Å². The van der Waals surface area contributed by atoms with E-state index in [1.807, 2.05) is 27.7 Å². The molecule has 0 radical (unpaired) electrons. The minimum atomic E-state index is -3.63. The number of nitrogens with zero attached hydrogens (tertiary/aromatic N) is 1. The van der Waals surface area contributed by atoms with Gasteiger partial charge in [-0.3, -0.25) is 15.6 Å². The first kappa shape index (κ1) is 21.6. The Bertz CT molecular complexity index is 803. The largest absolute Gasteiger partial charge is 0.357 e. The number of hydrogen-bond acceptors (Lipinski definition) is 4. The molecule has 1 amide bonds. The lowest BCUT2D eigenvalue weighted by Gasteiger charge is -2.32. The average molecular weight is 413 g/mol. The fourth-order valence-corrected chi connectivity index (χ4v) is 5.02. The van der Waals surface area contributed by atoms with Gasteiger partial charge in [0.1, 0.15) is 0 Å². The molecule has 7 nitrogen and oxygen atoms in total.